The van der Waals surface area contributed by atoms with Crippen LogP contribution in [0.3, 0.4) is 0 Å². The normalized spacial score (nSPS) is 15.6. The Kier molecular flexibility index (Phi) is 4.17. The van der Waals surface area contributed by atoms with Crippen LogP contribution in [0.5, 0.6) is 5.75 Å². The van der Waals surface area contributed by atoms with Crippen LogP contribution in [-0.2, 0) is 11.3 Å². The number of hydrogen-bond donors (Lipinski definition) is 1. The average Bonchev–Trinajstić information content (AvgIpc) is 2.27. The Labute approximate surface area is 114 Å². The van der Waals surface area contributed by atoms with Crippen molar-refractivity contribution in [1.82, 2.24) is 10.2 Å². The molecule has 0 bridgehead atoms. The van der Waals surface area contributed by atoms with Crippen LogP contribution in [0.2, 0.25) is 0 Å². The molecule has 1 aliphatic heterocycles. The van der Waals surface area contributed by atoms with E-state index in [2.05, 4.69) is 10.1 Å². The van der Waals surface area contributed by atoms with Gasteiger partial charge in [-0.2, -0.15) is 0 Å². The fraction of sp³-hybridized carbons (Fsp3) is 0.462. The number of ether oxygens (including phenoxy) is 1. The first-order valence-electron chi connectivity index (χ1n) is 6.16. The lowest BCUT2D eigenvalue weighted by atomic mass is 10.0. The molecule has 1 aliphatic rings. The number of carbonyl (C=O) groups is 1. The molecule has 7 heteroatoms. The summed E-state index contributed by atoms with van der Waals surface area (Å²) >= 11 is 0. The first kappa shape index (κ1) is 14.6. The monoisotopic (exact) mass is 288 g/mol. The molecule has 1 aromatic rings. The molecule has 2 rings (SSSR count). The van der Waals surface area contributed by atoms with Crippen molar-refractivity contribution >= 4 is 5.91 Å². The predicted octanol–water partition coefficient (Wildman–Crippen LogP) is 1.76. The zero-order valence-electron chi connectivity index (χ0n) is 10.9. The molecule has 20 heavy (non-hydrogen) atoms. The van der Waals surface area contributed by atoms with Crippen LogP contribution < -0.4 is 10.1 Å². The van der Waals surface area contributed by atoms with E-state index in [0.29, 0.717) is 18.7 Å². The maximum atomic E-state index is 12.3. The second-order valence-electron chi connectivity index (χ2n) is 4.70. The Morgan fingerprint density at radius 2 is 2.05 bits per heavy atom. The third-order valence-electron chi connectivity index (χ3n) is 3.11. The number of nitrogens with one attached hydrogen (secondary N) is 1. The molecule has 0 aliphatic carbocycles. The molecule has 1 aromatic carbocycles. The second-order valence-corrected chi connectivity index (χ2v) is 4.70. The van der Waals surface area contributed by atoms with Gasteiger partial charge in [0, 0.05) is 32.2 Å². The van der Waals surface area contributed by atoms with Crippen LogP contribution in [0, 0.1) is 5.92 Å². The molecule has 0 aromatic heterocycles. The van der Waals surface area contributed by atoms with Gasteiger partial charge in [-0.1, -0.05) is 18.2 Å². The van der Waals surface area contributed by atoms with E-state index in [1.165, 1.54) is 23.1 Å². The summed E-state index contributed by atoms with van der Waals surface area (Å²) in [6, 6.07) is 5.83. The largest absolute Gasteiger partial charge is 0.573 e. The first-order valence-corrected chi connectivity index (χ1v) is 6.16. The van der Waals surface area contributed by atoms with Gasteiger partial charge in [-0.3, -0.25) is 4.79 Å². The van der Waals surface area contributed by atoms with Gasteiger partial charge in [0.05, 0.1) is 5.92 Å². The summed E-state index contributed by atoms with van der Waals surface area (Å²) < 4.78 is 40.9. The maximum Gasteiger partial charge on any atom is 0.573 e. The molecule has 0 spiro atoms. The smallest absolute Gasteiger partial charge is 0.405 e. The predicted molar refractivity (Wildman–Crippen MR) is 66.0 cm³/mol. The quantitative estimate of drug-likeness (QED) is 0.918. The SMILES string of the molecule is CN(Cc1ccccc1OC(F)(F)F)C(=O)C1CNC1. The van der Waals surface area contributed by atoms with E-state index in [-0.39, 0.29) is 24.1 Å². The number of benzene rings is 1. The topological polar surface area (TPSA) is 41.6 Å². The molecule has 1 amide bonds. The van der Waals surface area contributed by atoms with Gasteiger partial charge in [-0.25, -0.2) is 0 Å². The lowest BCUT2D eigenvalue weighted by molar-refractivity contribution is -0.275. The number of halogens is 3. The van der Waals surface area contributed by atoms with E-state index >= 15 is 0 Å². The fourth-order valence-electron chi connectivity index (χ4n) is 1.97. The van der Waals surface area contributed by atoms with Gasteiger partial charge < -0.3 is 15.0 Å². The Bertz CT molecular complexity index is 487. The van der Waals surface area contributed by atoms with E-state index in [1.807, 2.05) is 0 Å². The van der Waals surface area contributed by atoms with Crippen molar-refractivity contribution in [2.75, 3.05) is 20.1 Å². The molecule has 1 fully saturated rings. The van der Waals surface area contributed by atoms with Crippen molar-refractivity contribution in [1.29, 1.82) is 0 Å². The van der Waals surface area contributed by atoms with Crippen molar-refractivity contribution in [2.45, 2.75) is 12.9 Å². The van der Waals surface area contributed by atoms with Gasteiger partial charge in [0.1, 0.15) is 5.75 Å². The Morgan fingerprint density at radius 3 is 2.60 bits per heavy atom. The van der Waals surface area contributed by atoms with Gasteiger partial charge in [-0.05, 0) is 6.07 Å². The molecule has 0 atom stereocenters. The lowest BCUT2D eigenvalue weighted by Gasteiger charge is -2.30. The minimum absolute atomic E-state index is 0.0782. The zero-order chi connectivity index (χ0) is 14.8. The molecule has 1 saturated heterocycles. The summed E-state index contributed by atoms with van der Waals surface area (Å²) in [6.07, 6.45) is -4.74. The van der Waals surface area contributed by atoms with Crippen LogP contribution in [0.1, 0.15) is 5.56 Å². The van der Waals surface area contributed by atoms with E-state index in [1.54, 1.807) is 13.1 Å². The van der Waals surface area contributed by atoms with E-state index < -0.39 is 6.36 Å². The molecule has 1 N–H and O–H groups in total. The number of amides is 1. The maximum absolute atomic E-state index is 12.3. The van der Waals surface area contributed by atoms with Crippen molar-refractivity contribution in [3.05, 3.63) is 29.8 Å². The number of hydrogen-bond acceptors (Lipinski definition) is 3. The minimum atomic E-state index is -4.74. The Morgan fingerprint density at radius 1 is 1.40 bits per heavy atom. The van der Waals surface area contributed by atoms with Gasteiger partial charge in [0.25, 0.3) is 0 Å². The summed E-state index contributed by atoms with van der Waals surface area (Å²) in [7, 11) is 1.57. The molecule has 0 saturated carbocycles. The van der Waals surface area contributed by atoms with Crippen molar-refractivity contribution in [3.8, 4) is 5.75 Å². The Balaban J connectivity index is 2.06. The molecule has 4 nitrogen and oxygen atoms in total. The molecule has 110 valence electrons. The minimum Gasteiger partial charge on any atom is -0.405 e. The van der Waals surface area contributed by atoms with Crippen LogP contribution in [0.15, 0.2) is 24.3 Å². The van der Waals surface area contributed by atoms with E-state index in [9.17, 15) is 18.0 Å². The summed E-state index contributed by atoms with van der Waals surface area (Å²) in [6.45, 7) is 1.31. The van der Waals surface area contributed by atoms with Crippen molar-refractivity contribution in [2.24, 2.45) is 5.92 Å². The molecular formula is C13H15F3N2O2. The number of para-hydroxylation sites is 1. The zero-order valence-corrected chi connectivity index (χ0v) is 10.9. The van der Waals surface area contributed by atoms with Gasteiger partial charge in [0.2, 0.25) is 5.91 Å². The van der Waals surface area contributed by atoms with Crippen LogP contribution in [0.4, 0.5) is 13.2 Å². The van der Waals surface area contributed by atoms with Crippen molar-refractivity contribution < 1.29 is 22.7 Å². The average molecular weight is 288 g/mol. The second kappa shape index (κ2) is 5.70. The highest BCUT2D eigenvalue weighted by Crippen LogP contribution is 2.27. The Hall–Kier alpha value is -1.76. The van der Waals surface area contributed by atoms with E-state index in [0.717, 1.165) is 0 Å². The summed E-state index contributed by atoms with van der Waals surface area (Å²) in [5.74, 6) is -0.437. The molecular weight excluding hydrogens is 273 g/mol. The summed E-state index contributed by atoms with van der Waals surface area (Å²) in [5.41, 5.74) is 0.327. The highest BCUT2D eigenvalue weighted by molar-refractivity contribution is 5.80. The lowest BCUT2D eigenvalue weighted by Crippen LogP contribution is -2.51. The van der Waals surface area contributed by atoms with Crippen LogP contribution in [-0.4, -0.2) is 37.3 Å². The number of carbonyl (C=O) groups excluding carboxylic acids is 1. The van der Waals surface area contributed by atoms with Crippen LogP contribution >= 0.6 is 0 Å². The summed E-state index contributed by atoms with van der Waals surface area (Å²) in [4.78, 5) is 13.4. The summed E-state index contributed by atoms with van der Waals surface area (Å²) in [5, 5.41) is 2.98. The van der Waals surface area contributed by atoms with Gasteiger partial charge >= 0.3 is 6.36 Å². The third kappa shape index (κ3) is 3.63. The molecule has 0 unspecified atom stereocenters. The highest BCUT2D eigenvalue weighted by Gasteiger charge is 2.32. The number of alkyl halides is 3. The van der Waals surface area contributed by atoms with Gasteiger partial charge in [-0.15, -0.1) is 13.2 Å². The van der Waals surface area contributed by atoms with Crippen LogP contribution in [0.25, 0.3) is 0 Å². The molecule has 1 heterocycles. The van der Waals surface area contributed by atoms with Gasteiger partial charge in [0.15, 0.2) is 0 Å². The fourth-order valence-corrected chi connectivity index (χ4v) is 1.97. The molecule has 0 radical (unpaired) electrons. The van der Waals surface area contributed by atoms with Crippen molar-refractivity contribution in [3.63, 3.8) is 0 Å². The van der Waals surface area contributed by atoms with E-state index in [4.69, 9.17) is 0 Å². The number of nitrogens with zero attached hydrogens (tertiary/aromatic N) is 1. The third-order valence-corrected chi connectivity index (χ3v) is 3.11. The first-order chi connectivity index (χ1) is 9.37. The standard InChI is InChI=1S/C13H15F3N2O2/c1-18(12(19)10-6-17-7-10)8-9-4-2-3-5-11(9)20-13(14,15)16/h2-5,10,17H,6-8H2,1H3. The number of rotatable bonds is 4. The highest BCUT2D eigenvalue weighted by atomic mass is 19.4.